The highest BCUT2D eigenvalue weighted by Gasteiger charge is 2.52. The number of urea groups is 1. The maximum Gasteiger partial charge on any atom is 0.325 e. The van der Waals surface area contributed by atoms with E-state index in [1.54, 1.807) is 6.08 Å². The molecule has 18 heavy (non-hydrogen) atoms. The molecule has 1 unspecified atom stereocenters. The molecule has 3 N–H and O–H groups in total. The molecule has 6 heteroatoms. The van der Waals surface area contributed by atoms with Crippen LogP contribution in [0.15, 0.2) is 12.3 Å². The van der Waals surface area contributed by atoms with Crippen LogP contribution in [0.3, 0.4) is 0 Å². The van der Waals surface area contributed by atoms with Crippen LogP contribution in [0.1, 0.15) is 27.2 Å². The van der Waals surface area contributed by atoms with Gasteiger partial charge in [-0.15, -0.1) is 0 Å². The third-order valence-corrected chi connectivity index (χ3v) is 4.06. The second kappa shape index (κ2) is 4.51. The molecule has 102 valence electrons. The minimum atomic E-state index is -1.21. The molecule has 2 aliphatic rings. The molecular weight excluding hydrogens is 237 g/mol. The second-order valence-corrected chi connectivity index (χ2v) is 5.13. The summed E-state index contributed by atoms with van der Waals surface area (Å²) in [6, 6.07) is -0.426. The van der Waals surface area contributed by atoms with E-state index >= 15 is 0 Å². The zero-order valence-corrected chi connectivity index (χ0v) is 10.9. The first kappa shape index (κ1) is 13.3. The summed E-state index contributed by atoms with van der Waals surface area (Å²) in [5.74, 6) is -0.260. The van der Waals surface area contributed by atoms with Crippen LogP contribution in [0.2, 0.25) is 0 Å². The molecule has 2 rings (SSSR count). The Labute approximate surface area is 106 Å². The molecule has 0 radical (unpaired) electrons. The Balaban J connectivity index is 2.20. The lowest BCUT2D eigenvalue weighted by Gasteiger charge is -2.32. The van der Waals surface area contributed by atoms with E-state index in [4.69, 9.17) is 10.5 Å². The number of carbonyl (C=O) groups excluding carboxylic acids is 1. The summed E-state index contributed by atoms with van der Waals surface area (Å²) in [5, 5.41) is 2.52. The predicted molar refractivity (Wildman–Crippen MR) is 65.1 cm³/mol. The molecule has 0 saturated carbocycles. The molecule has 5 nitrogen and oxygen atoms in total. The Bertz CT molecular complexity index is 376. The van der Waals surface area contributed by atoms with Crippen LogP contribution >= 0.6 is 0 Å². The van der Waals surface area contributed by atoms with Gasteiger partial charge >= 0.3 is 6.03 Å². The average Bonchev–Trinajstić information content (AvgIpc) is 2.55. The molecule has 0 spiro atoms. The fraction of sp³-hybridized carbons (Fsp3) is 0.750. The zero-order chi connectivity index (χ0) is 13.5. The van der Waals surface area contributed by atoms with Crippen molar-refractivity contribution in [3.63, 3.8) is 0 Å². The van der Waals surface area contributed by atoms with Crippen LogP contribution in [0.25, 0.3) is 0 Å². The molecule has 1 saturated heterocycles. The Morgan fingerprint density at radius 3 is 2.83 bits per heavy atom. The monoisotopic (exact) mass is 257 g/mol. The number of amides is 2. The zero-order valence-electron chi connectivity index (χ0n) is 10.9. The van der Waals surface area contributed by atoms with Crippen molar-refractivity contribution in [2.45, 2.75) is 51.4 Å². The molecule has 2 aliphatic heterocycles. The van der Waals surface area contributed by atoms with Crippen LogP contribution in [0, 0.1) is 5.92 Å². The van der Waals surface area contributed by atoms with Gasteiger partial charge in [-0.1, -0.05) is 13.8 Å². The van der Waals surface area contributed by atoms with E-state index in [2.05, 4.69) is 5.32 Å². The lowest BCUT2D eigenvalue weighted by Crippen LogP contribution is -2.54. The average molecular weight is 257 g/mol. The summed E-state index contributed by atoms with van der Waals surface area (Å²) in [6.45, 7) is 5.64. The van der Waals surface area contributed by atoms with E-state index in [9.17, 15) is 9.18 Å². The normalized spacial score (nSPS) is 44.3. The topological polar surface area (TPSA) is 67.6 Å². The number of hydrogen-bond acceptors (Lipinski definition) is 3. The van der Waals surface area contributed by atoms with E-state index < -0.39 is 30.2 Å². The largest absolute Gasteiger partial charge is 0.348 e. The van der Waals surface area contributed by atoms with E-state index in [0.29, 0.717) is 6.42 Å². The highest BCUT2D eigenvalue weighted by Crippen LogP contribution is 2.41. The standard InChI is InChI=1S/C12H20FN3O2/c1-4-12(3)7(2)9(13)10(18-12)16-6-5-8(14)15-11(16)17/h5-10H,4,14H2,1-3H3,(H,15,17)/t7-,8?,9+,10+,12+/m0/s1. The molecule has 0 aromatic rings. The summed E-state index contributed by atoms with van der Waals surface area (Å²) in [4.78, 5) is 13.0. The van der Waals surface area contributed by atoms with E-state index in [1.807, 2.05) is 20.8 Å². The van der Waals surface area contributed by atoms with Crippen molar-refractivity contribution in [1.82, 2.24) is 10.2 Å². The van der Waals surface area contributed by atoms with Gasteiger partial charge in [0.15, 0.2) is 12.4 Å². The summed E-state index contributed by atoms with van der Waals surface area (Å²) >= 11 is 0. The first-order valence-electron chi connectivity index (χ1n) is 6.23. The van der Waals surface area contributed by atoms with Gasteiger partial charge < -0.3 is 15.8 Å². The first-order chi connectivity index (χ1) is 8.39. The van der Waals surface area contributed by atoms with E-state index in [-0.39, 0.29) is 5.92 Å². The van der Waals surface area contributed by atoms with Crippen LogP contribution < -0.4 is 11.1 Å². The van der Waals surface area contributed by atoms with Gasteiger partial charge in [0.05, 0.1) is 11.8 Å². The number of hydrogen-bond donors (Lipinski definition) is 2. The summed E-state index contributed by atoms with van der Waals surface area (Å²) in [5.41, 5.74) is 5.00. The van der Waals surface area contributed by atoms with Gasteiger partial charge in [0.25, 0.3) is 0 Å². The van der Waals surface area contributed by atoms with Crippen molar-refractivity contribution < 1.29 is 13.9 Å². The Morgan fingerprint density at radius 1 is 1.67 bits per heavy atom. The van der Waals surface area contributed by atoms with Crippen LogP contribution in [-0.2, 0) is 4.74 Å². The highest BCUT2D eigenvalue weighted by molar-refractivity contribution is 5.77. The molecular formula is C12H20FN3O2. The maximum atomic E-state index is 14.3. The number of ether oxygens (including phenoxy) is 1. The van der Waals surface area contributed by atoms with E-state index in [1.165, 1.54) is 11.1 Å². The minimum Gasteiger partial charge on any atom is -0.348 e. The first-order valence-corrected chi connectivity index (χ1v) is 6.23. The quantitative estimate of drug-likeness (QED) is 0.783. The number of halogens is 1. The smallest absolute Gasteiger partial charge is 0.325 e. The fourth-order valence-corrected chi connectivity index (χ4v) is 2.37. The summed E-state index contributed by atoms with van der Waals surface area (Å²) in [7, 11) is 0. The predicted octanol–water partition coefficient (Wildman–Crippen LogP) is 1.31. The van der Waals surface area contributed by atoms with Crippen molar-refractivity contribution in [2.24, 2.45) is 11.7 Å². The fourth-order valence-electron chi connectivity index (χ4n) is 2.37. The van der Waals surface area contributed by atoms with E-state index in [0.717, 1.165) is 0 Å². The molecule has 0 aliphatic carbocycles. The number of rotatable bonds is 2. The van der Waals surface area contributed by atoms with Crippen LogP contribution in [0.4, 0.5) is 9.18 Å². The number of carbonyl (C=O) groups is 1. The van der Waals surface area contributed by atoms with Gasteiger partial charge in [0, 0.05) is 12.1 Å². The van der Waals surface area contributed by atoms with Gasteiger partial charge in [-0.25, -0.2) is 9.18 Å². The van der Waals surface area contributed by atoms with Crippen molar-refractivity contribution in [3.05, 3.63) is 12.3 Å². The SMILES string of the molecule is CC[C@@]1(C)O[C@@H](N2C=CC(N)NC2=O)[C@H](F)[C@@H]1C. The minimum absolute atomic E-state index is 0.260. The van der Waals surface area contributed by atoms with Gasteiger partial charge in [-0.3, -0.25) is 4.90 Å². The third-order valence-electron chi connectivity index (χ3n) is 4.06. The van der Waals surface area contributed by atoms with Crippen molar-refractivity contribution in [1.29, 1.82) is 0 Å². The molecule has 5 atom stereocenters. The Morgan fingerprint density at radius 2 is 2.33 bits per heavy atom. The lowest BCUT2D eigenvalue weighted by atomic mass is 9.87. The third kappa shape index (κ3) is 1.99. The van der Waals surface area contributed by atoms with Gasteiger partial charge in [0.1, 0.15) is 0 Å². The van der Waals surface area contributed by atoms with Crippen molar-refractivity contribution >= 4 is 6.03 Å². The van der Waals surface area contributed by atoms with Gasteiger partial charge in [-0.05, 0) is 19.4 Å². The Hall–Kier alpha value is -1.14. The lowest BCUT2D eigenvalue weighted by molar-refractivity contribution is -0.0889. The number of alkyl halides is 1. The number of nitrogens with two attached hydrogens (primary N) is 1. The van der Waals surface area contributed by atoms with Gasteiger partial charge in [-0.2, -0.15) is 0 Å². The Kier molecular flexibility index (Phi) is 3.33. The number of nitrogens with one attached hydrogen (secondary N) is 1. The summed E-state index contributed by atoms with van der Waals surface area (Å²) < 4.78 is 20.1. The van der Waals surface area contributed by atoms with Crippen molar-refractivity contribution in [3.8, 4) is 0 Å². The molecule has 0 bridgehead atoms. The van der Waals surface area contributed by atoms with Crippen molar-refractivity contribution in [2.75, 3.05) is 0 Å². The summed E-state index contributed by atoms with van der Waals surface area (Å²) in [6.07, 6.45) is 1.18. The molecule has 2 amide bonds. The second-order valence-electron chi connectivity index (χ2n) is 5.13. The van der Waals surface area contributed by atoms with Crippen LogP contribution in [0.5, 0.6) is 0 Å². The molecule has 2 heterocycles. The van der Waals surface area contributed by atoms with Crippen LogP contribution in [-0.4, -0.2) is 35.1 Å². The van der Waals surface area contributed by atoms with Gasteiger partial charge in [0.2, 0.25) is 0 Å². The highest BCUT2D eigenvalue weighted by atomic mass is 19.1. The molecule has 1 fully saturated rings. The number of nitrogens with zero attached hydrogens (tertiary/aromatic N) is 1. The molecule has 0 aromatic carbocycles. The maximum absolute atomic E-state index is 14.3. The molecule has 0 aromatic heterocycles.